The van der Waals surface area contributed by atoms with Gasteiger partial charge in [0.25, 0.3) is 0 Å². The van der Waals surface area contributed by atoms with Crippen LogP contribution >= 0.6 is 27.3 Å². The third-order valence-corrected chi connectivity index (χ3v) is 6.07. The first-order valence-electron chi connectivity index (χ1n) is 5.58. The Labute approximate surface area is 129 Å². The van der Waals surface area contributed by atoms with Crippen molar-refractivity contribution in [3.05, 3.63) is 38.5 Å². The molecule has 0 aliphatic rings. The van der Waals surface area contributed by atoms with E-state index in [1.54, 1.807) is 13.1 Å². The van der Waals surface area contributed by atoms with Crippen LogP contribution in [0.25, 0.3) is 0 Å². The molecule has 6 nitrogen and oxygen atoms in total. The second kappa shape index (κ2) is 6.27. The van der Waals surface area contributed by atoms with Crippen molar-refractivity contribution in [2.75, 3.05) is 0 Å². The molecule has 0 saturated heterocycles. The average molecular weight is 378 g/mol. The molecule has 9 heteroatoms. The molecule has 108 valence electrons. The molecule has 0 bridgehead atoms. The van der Waals surface area contributed by atoms with E-state index in [2.05, 4.69) is 30.6 Å². The number of aromatic nitrogens is 2. The predicted octanol–water partition coefficient (Wildman–Crippen LogP) is 1.58. The van der Waals surface area contributed by atoms with Gasteiger partial charge in [0.15, 0.2) is 0 Å². The largest absolute Gasteiger partial charge is 0.391 e. The minimum absolute atomic E-state index is 0.0619. The average Bonchev–Trinajstić information content (AvgIpc) is 2.80. The number of nitrogens with one attached hydrogen (secondary N) is 1. The lowest BCUT2D eigenvalue weighted by atomic mass is 10.4. The van der Waals surface area contributed by atoms with Crippen LogP contribution < -0.4 is 4.72 Å². The smallest absolute Gasteiger partial charge is 0.242 e. The van der Waals surface area contributed by atoms with Gasteiger partial charge in [0.1, 0.15) is 4.90 Å². The lowest BCUT2D eigenvalue weighted by Gasteiger charge is -2.05. The molecule has 0 aliphatic heterocycles. The summed E-state index contributed by atoms with van der Waals surface area (Å²) in [6.45, 7) is 1.68. The maximum Gasteiger partial charge on any atom is 0.242 e. The Kier molecular flexibility index (Phi) is 4.86. The van der Waals surface area contributed by atoms with Crippen LogP contribution in [-0.2, 0) is 23.2 Å². The number of aliphatic hydroxyl groups is 1. The molecule has 2 aromatic heterocycles. The van der Waals surface area contributed by atoms with Gasteiger partial charge in [-0.1, -0.05) is 0 Å². The van der Waals surface area contributed by atoms with Crippen LogP contribution in [0.5, 0.6) is 0 Å². The van der Waals surface area contributed by atoms with Gasteiger partial charge in [-0.2, -0.15) is 0 Å². The van der Waals surface area contributed by atoms with Gasteiger partial charge in [0, 0.05) is 11.1 Å². The molecule has 0 radical (unpaired) electrons. The topological polar surface area (TPSA) is 92.2 Å². The molecule has 0 unspecified atom stereocenters. The quantitative estimate of drug-likeness (QED) is 0.824. The van der Waals surface area contributed by atoms with E-state index in [9.17, 15) is 8.42 Å². The molecule has 20 heavy (non-hydrogen) atoms. The zero-order valence-electron chi connectivity index (χ0n) is 10.5. The summed E-state index contributed by atoms with van der Waals surface area (Å²) in [6.07, 6.45) is 3.10. The molecule has 0 aliphatic carbocycles. The van der Waals surface area contributed by atoms with Crippen molar-refractivity contribution in [2.24, 2.45) is 0 Å². The monoisotopic (exact) mass is 377 g/mol. The van der Waals surface area contributed by atoms with Gasteiger partial charge in [-0.05, 0) is 28.9 Å². The van der Waals surface area contributed by atoms with Crippen LogP contribution in [0.3, 0.4) is 0 Å². The van der Waals surface area contributed by atoms with Crippen LogP contribution in [0.4, 0.5) is 0 Å². The van der Waals surface area contributed by atoms with E-state index < -0.39 is 10.0 Å². The van der Waals surface area contributed by atoms with Crippen LogP contribution in [0.15, 0.2) is 27.1 Å². The maximum absolute atomic E-state index is 12.2. The second-order valence-electron chi connectivity index (χ2n) is 3.98. The van der Waals surface area contributed by atoms with Crippen molar-refractivity contribution in [2.45, 2.75) is 25.0 Å². The Balaban J connectivity index is 2.14. The lowest BCUT2D eigenvalue weighted by molar-refractivity contribution is 0.285. The van der Waals surface area contributed by atoms with E-state index in [1.807, 2.05) is 0 Å². The van der Waals surface area contributed by atoms with E-state index in [4.69, 9.17) is 5.11 Å². The van der Waals surface area contributed by atoms with Crippen LogP contribution in [0, 0.1) is 6.92 Å². The van der Waals surface area contributed by atoms with Gasteiger partial charge in [0.05, 0.1) is 34.5 Å². The number of aryl methyl sites for hydroxylation is 1. The molecule has 0 saturated carbocycles. The van der Waals surface area contributed by atoms with Gasteiger partial charge in [-0.25, -0.2) is 13.1 Å². The highest BCUT2D eigenvalue weighted by Crippen LogP contribution is 2.31. The molecule has 0 amide bonds. The first-order valence-corrected chi connectivity index (χ1v) is 8.68. The summed E-state index contributed by atoms with van der Waals surface area (Å²) in [7, 11) is -3.65. The summed E-state index contributed by atoms with van der Waals surface area (Å²) in [6, 6.07) is 1.44. The highest BCUT2D eigenvalue weighted by molar-refractivity contribution is 9.11. The van der Waals surface area contributed by atoms with E-state index in [0.717, 1.165) is 5.69 Å². The molecular weight excluding hydrogens is 366 g/mol. The highest BCUT2D eigenvalue weighted by atomic mass is 79.9. The van der Waals surface area contributed by atoms with Gasteiger partial charge in [0.2, 0.25) is 10.0 Å². The minimum atomic E-state index is -3.65. The summed E-state index contributed by atoms with van der Waals surface area (Å²) in [5.41, 5.74) is 1.30. The van der Waals surface area contributed by atoms with E-state index in [-0.39, 0.29) is 18.0 Å². The highest BCUT2D eigenvalue weighted by Gasteiger charge is 2.20. The first kappa shape index (κ1) is 15.5. The fourth-order valence-electron chi connectivity index (χ4n) is 1.42. The van der Waals surface area contributed by atoms with Crippen molar-refractivity contribution >= 4 is 37.3 Å². The van der Waals surface area contributed by atoms with Gasteiger partial charge in [-0.15, -0.1) is 11.3 Å². The Bertz CT molecular complexity index is 698. The molecule has 2 N–H and O–H groups in total. The Morgan fingerprint density at radius 2 is 2.15 bits per heavy atom. The van der Waals surface area contributed by atoms with Crippen molar-refractivity contribution < 1.29 is 13.5 Å². The predicted molar refractivity (Wildman–Crippen MR) is 78.7 cm³/mol. The van der Waals surface area contributed by atoms with E-state index in [1.165, 1.54) is 23.6 Å². The number of hydrogen-bond donors (Lipinski definition) is 2. The van der Waals surface area contributed by atoms with Crippen molar-refractivity contribution in [1.29, 1.82) is 0 Å². The second-order valence-corrected chi connectivity index (χ2v) is 8.17. The van der Waals surface area contributed by atoms with Crippen LogP contribution in [0.2, 0.25) is 0 Å². The molecule has 0 aromatic carbocycles. The number of halogens is 1. The number of nitrogens with zero attached hydrogens (tertiary/aromatic N) is 2. The van der Waals surface area contributed by atoms with E-state index in [0.29, 0.717) is 14.4 Å². The Morgan fingerprint density at radius 3 is 2.70 bits per heavy atom. The molecule has 2 rings (SSSR count). The third kappa shape index (κ3) is 3.61. The minimum Gasteiger partial charge on any atom is -0.391 e. The van der Waals surface area contributed by atoms with Gasteiger partial charge >= 0.3 is 0 Å². The number of hydrogen-bond acceptors (Lipinski definition) is 6. The van der Waals surface area contributed by atoms with Crippen LogP contribution in [-0.4, -0.2) is 23.5 Å². The maximum atomic E-state index is 12.2. The van der Waals surface area contributed by atoms with Gasteiger partial charge in [-0.3, -0.25) is 9.97 Å². The van der Waals surface area contributed by atoms with Crippen molar-refractivity contribution in [1.82, 2.24) is 14.7 Å². The molecular formula is C11H12BrN3O3S2. The fourth-order valence-corrected chi connectivity index (χ4v) is 4.96. The van der Waals surface area contributed by atoms with Gasteiger partial charge < -0.3 is 5.11 Å². The normalized spacial score (nSPS) is 11.8. The fraction of sp³-hybridized carbons (Fsp3) is 0.273. The Morgan fingerprint density at radius 1 is 1.40 bits per heavy atom. The lowest BCUT2D eigenvalue weighted by Crippen LogP contribution is -2.23. The molecule has 0 spiro atoms. The molecule has 0 fully saturated rings. The molecule has 0 atom stereocenters. The molecule has 2 aromatic rings. The summed E-state index contributed by atoms with van der Waals surface area (Å²) < 4.78 is 27.2. The SMILES string of the molecule is Cc1cnc(CNS(=O)(=O)c2cc(CO)sc2Br)cn1. The first-order chi connectivity index (χ1) is 9.42. The standard InChI is InChI=1S/C11H12BrN3O3S2/c1-7-3-14-8(4-13-7)5-15-20(17,18)10-2-9(6-16)19-11(10)12/h2-4,15-16H,5-6H2,1H3. The number of sulfonamides is 1. The Hall–Kier alpha value is -0.870. The summed E-state index contributed by atoms with van der Waals surface area (Å²) >= 11 is 4.37. The number of aliphatic hydroxyl groups excluding tert-OH is 1. The summed E-state index contributed by atoms with van der Waals surface area (Å²) in [5.74, 6) is 0. The number of thiophene rings is 1. The van der Waals surface area contributed by atoms with Crippen molar-refractivity contribution in [3.63, 3.8) is 0 Å². The summed E-state index contributed by atoms with van der Waals surface area (Å²) in [4.78, 5) is 8.82. The summed E-state index contributed by atoms with van der Waals surface area (Å²) in [5, 5.41) is 9.03. The third-order valence-electron chi connectivity index (χ3n) is 2.43. The number of rotatable bonds is 5. The van der Waals surface area contributed by atoms with Crippen molar-refractivity contribution in [3.8, 4) is 0 Å². The zero-order valence-corrected chi connectivity index (χ0v) is 13.7. The van der Waals surface area contributed by atoms with E-state index >= 15 is 0 Å². The zero-order chi connectivity index (χ0) is 14.8. The van der Waals surface area contributed by atoms with Crippen LogP contribution in [0.1, 0.15) is 16.3 Å². The molecule has 2 heterocycles.